The summed E-state index contributed by atoms with van der Waals surface area (Å²) in [4.78, 5) is 27.0. The summed E-state index contributed by atoms with van der Waals surface area (Å²) in [5.74, 6) is 1.21. The SMILES string of the molecule is COc1ccc(C(C)NC(=O)C2CCN(C(=O)/C=C/c3ccccc3)CC2)cc1OC. The Morgan fingerprint density at radius 3 is 2.35 bits per heavy atom. The van der Waals surface area contributed by atoms with E-state index in [1.54, 1.807) is 25.2 Å². The van der Waals surface area contributed by atoms with E-state index >= 15 is 0 Å². The largest absolute Gasteiger partial charge is 0.493 e. The molecule has 1 aliphatic heterocycles. The van der Waals surface area contributed by atoms with E-state index in [1.165, 1.54) is 0 Å². The average molecular weight is 423 g/mol. The topological polar surface area (TPSA) is 67.9 Å². The van der Waals surface area contributed by atoms with Gasteiger partial charge in [-0.1, -0.05) is 36.4 Å². The zero-order valence-electron chi connectivity index (χ0n) is 18.3. The highest BCUT2D eigenvalue weighted by Gasteiger charge is 2.27. The number of amides is 2. The second kappa shape index (κ2) is 10.7. The Balaban J connectivity index is 1.51. The van der Waals surface area contributed by atoms with E-state index < -0.39 is 0 Å². The Morgan fingerprint density at radius 2 is 1.71 bits per heavy atom. The van der Waals surface area contributed by atoms with Gasteiger partial charge in [-0.05, 0) is 49.1 Å². The molecule has 0 bridgehead atoms. The van der Waals surface area contributed by atoms with Crippen LogP contribution in [0.25, 0.3) is 6.08 Å². The minimum absolute atomic E-state index is 0.0126. The van der Waals surface area contributed by atoms with Crippen molar-refractivity contribution in [2.75, 3.05) is 27.3 Å². The molecule has 1 saturated heterocycles. The molecule has 6 heteroatoms. The molecule has 1 heterocycles. The number of carbonyl (C=O) groups is 2. The molecule has 2 amide bonds. The standard InChI is InChI=1S/C25H30N2O4/c1-18(21-10-11-22(30-2)23(17-21)31-3)26-25(29)20-13-15-27(16-14-20)24(28)12-9-19-7-5-4-6-8-19/h4-12,17-18,20H,13-16H2,1-3H3,(H,26,29)/b12-9+. The van der Waals surface area contributed by atoms with Gasteiger partial charge in [-0.15, -0.1) is 0 Å². The summed E-state index contributed by atoms with van der Waals surface area (Å²) in [6.45, 7) is 3.12. The Hall–Kier alpha value is -3.28. The van der Waals surface area contributed by atoms with Crippen LogP contribution in [-0.2, 0) is 9.59 Å². The van der Waals surface area contributed by atoms with E-state index in [1.807, 2.05) is 61.5 Å². The number of methoxy groups -OCH3 is 2. The molecule has 1 aliphatic rings. The fourth-order valence-electron chi connectivity index (χ4n) is 3.74. The molecular weight excluding hydrogens is 392 g/mol. The monoisotopic (exact) mass is 422 g/mol. The van der Waals surface area contributed by atoms with Gasteiger partial charge in [-0.2, -0.15) is 0 Å². The van der Waals surface area contributed by atoms with E-state index in [2.05, 4.69) is 5.32 Å². The summed E-state index contributed by atoms with van der Waals surface area (Å²) < 4.78 is 10.6. The number of benzene rings is 2. The van der Waals surface area contributed by atoms with Gasteiger partial charge in [-0.3, -0.25) is 9.59 Å². The van der Waals surface area contributed by atoms with Crippen molar-refractivity contribution >= 4 is 17.9 Å². The highest BCUT2D eigenvalue weighted by molar-refractivity contribution is 5.92. The Labute approximate surface area is 183 Å². The van der Waals surface area contributed by atoms with E-state index in [4.69, 9.17) is 9.47 Å². The van der Waals surface area contributed by atoms with Gasteiger partial charge in [0.05, 0.1) is 20.3 Å². The number of rotatable bonds is 7. The van der Waals surface area contributed by atoms with Gasteiger partial charge in [0.1, 0.15) is 0 Å². The van der Waals surface area contributed by atoms with Crippen LogP contribution < -0.4 is 14.8 Å². The van der Waals surface area contributed by atoms with Gasteiger partial charge in [0.15, 0.2) is 11.5 Å². The van der Waals surface area contributed by atoms with E-state index in [0.29, 0.717) is 37.4 Å². The summed E-state index contributed by atoms with van der Waals surface area (Å²) in [5.41, 5.74) is 1.94. The Bertz CT molecular complexity index is 918. The number of nitrogens with zero attached hydrogens (tertiary/aromatic N) is 1. The Morgan fingerprint density at radius 1 is 1.03 bits per heavy atom. The van der Waals surface area contributed by atoms with Gasteiger partial charge in [0.25, 0.3) is 0 Å². The fraction of sp³-hybridized carbons (Fsp3) is 0.360. The van der Waals surface area contributed by atoms with Gasteiger partial charge >= 0.3 is 0 Å². The molecule has 2 aromatic carbocycles. The van der Waals surface area contributed by atoms with Gasteiger partial charge in [0, 0.05) is 25.1 Å². The van der Waals surface area contributed by atoms with Gasteiger partial charge < -0.3 is 19.7 Å². The van der Waals surface area contributed by atoms with Crippen LogP contribution >= 0.6 is 0 Å². The van der Waals surface area contributed by atoms with Crippen LogP contribution in [0, 0.1) is 5.92 Å². The molecular formula is C25H30N2O4. The maximum Gasteiger partial charge on any atom is 0.246 e. The van der Waals surface area contributed by atoms with E-state index in [0.717, 1.165) is 11.1 Å². The van der Waals surface area contributed by atoms with E-state index in [-0.39, 0.29) is 23.8 Å². The molecule has 3 rings (SSSR count). The van der Waals surface area contributed by atoms with Crippen molar-refractivity contribution in [3.05, 3.63) is 65.7 Å². The molecule has 0 radical (unpaired) electrons. The maximum atomic E-state index is 12.8. The van der Waals surface area contributed by atoms with Crippen LogP contribution in [0.3, 0.4) is 0 Å². The smallest absolute Gasteiger partial charge is 0.246 e. The molecule has 2 aromatic rings. The zero-order valence-corrected chi connectivity index (χ0v) is 18.3. The van der Waals surface area contributed by atoms with Crippen LogP contribution in [-0.4, -0.2) is 44.0 Å². The molecule has 0 spiro atoms. The first-order valence-electron chi connectivity index (χ1n) is 10.6. The maximum absolute atomic E-state index is 12.8. The van der Waals surface area contributed by atoms with Gasteiger partial charge in [-0.25, -0.2) is 0 Å². The van der Waals surface area contributed by atoms with Crippen molar-refractivity contribution in [1.82, 2.24) is 10.2 Å². The van der Waals surface area contributed by atoms with Crippen molar-refractivity contribution in [2.45, 2.75) is 25.8 Å². The molecule has 6 nitrogen and oxygen atoms in total. The average Bonchev–Trinajstić information content (AvgIpc) is 2.82. The molecule has 0 saturated carbocycles. The number of piperidine rings is 1. The molecule has 1 unspecified atom stereocenters. The minimum atomic E-state index is -0.152. The molecule has 1 N–H and O–H groups in total. The molecule has 0 aromatic heterocycles. The third-order valence-electron chi connectivity index (χ3n) is 5.66. The van der Waals surface area contributed by atoms with Crippen LogP contribution in [0.15, 0.2) is 54.6 Å². The minimum Gasteiger partial charge on any atom is -0.493 e. The van der Waals surface area contributed by atoms with Crippen molar-refractivity contribution < 1.29 is 19.1 Å². The zero-order chi connectivity index (χ0) is 22.2. The predicted molar refractivity (Wildman–Crippen MR) is 121 cm³/mol. The number of carbonyl (C=O) groups excluding carboxylic acids is 2. The lowest BCUT2D eigenvalue weighted by Gasteiger charge is -2.31. The highest BCUT2D eigenvalue weighted by Crippen LogP contribution is 2.30. The van der Waals surface area contributed by atoms with Crippen LogP contribution in [0.5, 0.6) is 11.5 Å². The molecule has 31 heavy (non-hydrogen) atoms. The third kappa shape index (κ3) is 5.87. The highest BCUT2D eigenvalue weighted by atomic mass is 16.5. The fourth-order valence-corrected chi connectivity index (χ4v) is 3.74. The quantitative estimate of drug-likeness (QED) is 0.689. The van der Waals surface area contributed by atoms with Crippen molar-refractivity contribution in [3.63, 3.8) is 0 Å². The molecule has 164 valence electrons. The first-order valence-corrected chi connectivity index (χ1v) is 10.6. The second-order valence-electron chi connectivity index (χ2n) is 7.69. The first kappa shape index (κ1) is 22.4. The normalized spacial score (nSPS) is 15.5. The molecule has 1 fully saturated rings. The summed E-state index contributed by atoms with van der Waals surface area (Å²) >= 11 is 0. The summed E-state index contributed by atoms with van der Waals surface area (Å²) in [7, 11) is 3.19. The van der Waals surface area contributed by atoms with Gasteiger partial charge in [0.2, 0.25) is 11.8 Å². The second-order valence-corrected chi connectivity index (χ2v) is 7.69. The summed E-state index contributed by atoms with van der Waals surface area (Å²) in [6.07, 6.45) is 4.76. The lowest BCUT2D eigenvalue weighted by Crippen LogP contribution is -2.43. The third-order valence-corrected chi connectivity index (χ3v) is 5.66. The lowest BCUT2D eigenvalue weighted by molar-refractivity contribution is -0.132. The molecule has 0 aliphatic carbocycles. The van der Waals surface area contributed by atoms with Crippen LogP contribution in [0.2, 0.25) is 0 Å². The first-order chi connectivity index (χ1) is 15.0. The predicted octanol–water partition coefficient (Wildman–Crippen LogP) is 3.83. The lowest BCUT2D eigenvalue weighted by atomic mass is 9.95. The van der Waals surface area contributed by atoms with Crippen LogP contribution in [0.4, 0.5) is 0 Å². The number of likely N-dealkylation sites (tertiary alicyclic amines) is 1. The van der Waals surface area contributed by atoms with Crippen molar-refractivity contribution in [3.8, 4) is 11.5 Å². The summed E-state index contributed by atoms with van der Waals surface area (Å²) in [6, 6.07) is 15.2. The van der Waals surface area contributed by atoms with Crippen molar-refractivity contribution in [2.24, 2.45) is 5.92 Å². The molecule has 1 atom stereocenters. The number of ether oxygens (including phenoxy) is 2. The van der Waals surface area contributed by atoms with Crippen LogP contribution in [0.1, 0.15) is 36.9 Å². The van der Waals surface area contributed by atoms with E-state index in [9.17, 15) is 9.59 Å². The Kier molecular flexibility index (Phi) is 7.70. The number of hydrogen-bond acceptors (Lipinski definition) is 4. The number of nitrogens with one attached hydrogen (secondary N) is 1. The number of hydrogen-bond donors (Lipinski definition) is 1. The van der Waals surface area contributed by atoms with Crippen molar-refractivity contribution in [1.29, 1.82) is 0 Å². The summed E-state index contributed by atoms with van der Waals surface area (Å²) in [5, 5.41) is 3.09.